The van der Waals surface area contributed by atoms with Crippen LogP contribution < -0.4 is 16.6 Å². The Morgan fingerprint density at radius 2 is 2.13 bits per heavy atom. The van der Waals surface area contributed by atoms with Crippen molar-refractivity contribution >= 4 is 17.4 Å². The van der Waals surface area contributed by atoms with Crippen LogP contribution in [0.1, 0.15) is 12.0 Å². The smallest absolute Gasteiger partial charge is 0.329 e. The zero-order chi connectivity index (χ0) is 11.4. The van der Waals surface area contributed by atoms with Gasteiger partial charge in [0.2, 0.25) is 0 Å². The first-order chi connectivity index (χ1) is 7.07. The van der Waals surface area contributed by atoms with E-state index in [4.69, 9.17) is 11.6 Å². The van der Waals surface area contributed by atoms with Crippen molar-refractivity contribution in [2.24, 2.45) is 7.05 Å². The Hall–Kier alpha value is -1.23. The standard InChI is InChI=1S/C9H14ClN3O2/c1-6-7(11-5-3-4-10)13(2)9(15)12-8(6)14/h11H,3-5H2,1-2H3,(H,12,14,15). The number of anilines is 1. The predicted molar refractivity (Wildman–Crippen MR) is 60.9 cm³/mol. The SMILES string of the molecule is Cc1c(NCCCCl)n(C)c(=O)[nH]c1=O. The van der Waals surface area contributed by atoms with Crippen molar-refractivity contribution in [1.82, 2.24) is 9.55 Å². The molecule has 5 nitrogen and oxygen atoms in total. The molecule has 1 rings (SSSR count). The van der Waals surface area contributed by atoms with Crippen molar-refractivity contribution in [3.63, 3.8) is 0 Å². The van der Waals surface area contributed by atoms with Gasteiger partial charge in [-0.1, -0.05) is 0 Å². The fourth-order valence-corrected chi connectivity index (χ4v) is 1.39. The Morgan fingerprint density at radius 3 is 2.73 bits per heavy atom. The molecule has 0 atom stereocenters. The number of nitrogens with zero attached hydrogens (tertiary/aromatic N) is 1. The Labute approximate surface area is 92.1 Å². The number of halogens is 1. The Balaban J connectivity index is 3.05. The predicted octanol–water partition coefficient (Wildman–Crippen LogP) is 0.423. The van der Waals surface area contributed by atoms with Gasteiger partial charge in [0.1, 0.15) is 5.82 Å². The summed E-state index contributed by atoms with van der Waals surface area (Å²) in [6.07, 6.45) is 0.780. The van der Waals surface area contributed by atoms with Crippen LogP contribution in [0, 0.1) is 6.92 Å². The van der Waals surface area contributed by atoms with Gasteiger partial charge in [0.05, 0.1) is 5.56 Å². The molecule has 0 saturated heterocycles. The van der Waals surface area contributed by atoms with Crippen LogP contribution in [-0.4, -0.2) is 22.0 Å². The lowest BCUT2D eigenvalue weighted by Crippen LogP contribution is -2.32. The van der Waals surface area contributed by atoms with Crippen molar-refractivity contribution in [3.8, 4) is 0 Å². The summed E-state index contributed by atoms with van der Waals surface area (Å²) in [5, 5.41) is 3.02. The Kier molecular flexibility index (Phi) is 3.96. The molecular weight excluding hydrogens is 218 g/mol. The van der Waals surface area contributed by atoms with E-state index in [-0.39, 0.29) is 5.56 Å². The number of alkyl halides is 1. The Bertz CT molecular complexity index is 415. The molecule has 0 saturated carbocycles. The summed E-state index contributed by atoms with van der Waals surface area (Å²) >= 11 is 5.53. The van der Waals surface area contributed by atoms with Gasteiger partial charge in [0.15, 0.2) is 0 Å². The first-order valence-electron chi connectivity index (χ1n) is 4.67. The summed E-state index contributed by atoms with van der Waals surface area (Å²) in [6.45, 7) is 2.31. The quantitative estimate of drug-likeness (QED) is 0.583. The first-order valence-corrected chi connectivity index (χ1v) is 5.21. The molecule has 15 heavy (non-hydrogen) atoms. The Morgan fingerprint density at radius 1 is 1.47 bits per heavy atom. The first kappa shape index (κ1) is 11.8. The summed E-state index contributed by atoms with van der Waals surface area (Å²) in [5.74, 6) is 1.09. The van der Waals surface area contributed by atoms with Crippen LogP contribution in [-0.2, 0) is 7.05 Å². The summed E-state index contributed by atoms with van der Waals surface area (Å²) in [5.41, 5.74) is -0.267. The van der Waals surface area contributed by atoms with Crippen LogP contribution in [0.3, 0.4) is 0 Å². The second-order valence-electron chi connectivity index (χ2n) is 3.26. The second kappa shape index (κ2) is 5.02. The van der Waals surface area contributed by atoms with Gasteiger partial charge in [0, 0.05) is 19.5 Å². The van der Waals surface area contributed by atoms with Gasteiger partial charge in [-0.05, 0) is 13.3 Å². The molecule has 6 heteroatoms. The van der Waals surface area contributed by atoms with E-state index in [1.807, 2.05) is 0 Å². The number of hydrogen-bond donors (Lipinski definition) is 2. The minimum absolute atomic E-state index is 0.355. The van der Waals surface area contributed by atoms with E-state index in [1.165, 1.54) is 4.57 Å². The van der Waals surface area contributed by atoms with Crippen LogP contribution >= 0.6 is 11.6 Å². The van der Waals surface area contributed by atoms with Gasteiger partial charge in [-0.3, -0.25) is 14.3 Å². The fraction of sp³-hybridized carbons (Fsp3) is 0.556. The molecule has 0 aliphatic carbocycles. The third-order valence-corrected chi connectivity index (χ3v) is 2.43. The zero-order valence-electron chi connectivity index (χ0n) is 8.76. The van der Waals surface area contributed by atoms with Crippen molar-refractivity contribution in [3.05, 3.63) is 26.4 Å². The summed E-state index contributed by atoms with van der Waals surface area (Å²) < 4.78 is 1.38. The average molecular weight is 232 g/mol. The highest BCUT2D eigenvalue weighted by atomic mass is 35.5. The number of aromatic nitrogens is 2. The lowest BCUT2D eigenvalue weighted by atomic mass is 10.3. The van der Waals surface area contributed by atoms with Gasteiger partial charge in [-0.2, -0.15) is 0 Å². The van der Waals surface area contributed by atoms with Crippen LogP contribution in [0.15, 0.2) is 9.59 Å². The molecule has 0 fully saturated rings. The van der Waals surface area contributed by atoms with E-state index in [1.54, 1.807) is 14.0 Å². The summed E-state index contributed by atoms with van der Waals surface area (Å²) in [4.78, 5) is 24.8. The molecule has 1 aromatic rings. The number of aromatic amines is 1. The van der Waals surface area contributed by atoms with Crippen molar-refractivity contribution in [2.75, 3.05) is 17.7 Å². The van der Waals surface area contributed by atoms with Gasteiger partial charge in [0.25, 0.3) is 5.56 Å². The van der Waals surface area contributed by atoms with E-state index in [0.717, 1.165) is 6.42 Å². The molecular formula is C9H14ClN3O2. The van der Waals surface area contributed by atoms with E-state index >= 15 is 0 Å². The van der Waals surface area contributed by atoms with Gasteiger partial charge >= 0.3 is 5.69 Å². The maximum Gasteiger partial charge on any atom is 0.329 e. The van der Waals surface area contributed by atoms with Crippen LogP contribution in [0.5, 0.6) is 0 Å². The second-order valence-corrected chi connectivity index (χ2v) is 3.64. The molecule has 1 aromatic heterocycles. The normalized spacial score (nSPS) is 10.3. The van der Waals surface area contributed by atoms with Crippen LogP contribution in [0.25, 0.3) is 0 Å². The molecule has 84 valence electrons. The molecule has 0 aliphatic heterocycles. The largest absolute Gasteiger partial charge is 0.371 e. The molecule has 0 radical (unpaired) electrons. The van der Waals surface area contributed by atoms with Gasteiger partial charge in [-0.25, -0.2) is 4.79 Å². The zero-order valence-corrected chi connectivity index (χ0v) is 9.52. The van der Waals surface area contributed by atoms with Crippen LogP contribution in [0.2, 0.25) is 0 Å². The van der Waals surface area contributed by atoms with Gasteiger partial charge in [-0.15, -0.1) is 11.6 Å². The van der Waals surface area contributed by atoms with E-state index in [0.29, 0.717) is 23.8 Å². The number of rotatable bonds is 4. The molecule has 0 unspecified atom stereocenters. The molecule has 0 bridgehead atoms. The minimum atomic E-state index is -0.418. The van der Waals surface area contributed by atoms with E-state index in [9.17, 15) is 9.59 Å². The lowest BCUT2D eigenvalue weighted by Gasteiger charge is -2.11. The minimum Gasteiger partial charge on any atom is -0.371 e. The summed E-state index contributed by atoms with van der Waals surface area (Å²) in [6, 6.07) is 0. The van der Waals surface area contributed by atoms with Crippen molar-refractivity contribution in [1.29, 1.82) is 0 Å². The molecule has 1 heterocycles. The highest BCUT2D eigenvalue weighted by Crippen LogP contribution is 2.05. The molecule has 2 N–H and O–H groups in total. The van der Waals surface area contributed by atoms with Crippen LogP contribution in [0.4, 0.5) is 5.82 Å². The third kappa shape index (κ3) is 2.62. The lowest BCUT2D eigenvalue weighted by molar-refractivity contribution is 0.785. The molecule has 0 spiro atoms. The highest BCUT2D eigenvalue weighted by Gasteiger charge is 2.07. The number of H-pyrrole nitrogens is 1. The molecule has 0 aliphatic rings. The number of hydrogen-bond acceptors (Lipinski definition) is 3. The summed E-state index contributed by atoms with van der Waals surface area (Å²) in [7, 11) is 1.61. The monoisotopic (exact) mass is 231 g/mol. The maximum absolute atomic E-state index is 11.3. The van der Waals surface area contributed by atoms with Crippen molar-refractivity contribution < 1.29 is 0 Å². The topological polar surface area (TPSA) is 66.9 Å². The van der Waals surface area contributed by atoms with E-state index < -0.39 is 5.69 Å². The third-order valence-electron chi connectivity index (χ3n) is 2.16. The number of nitrogens with one attached hydrogen (secondary N) is 2. The molecule has 0 aromatic carbocycles. The highest BCUT2D eigenvalue weighted by molar-refractivity contribution is 6.17. The van der Waals surface area contributed by atoms with Gasteiger partial charge < -0.3 is 5.32 Å². The molecule has 0 amide bonds. The van der Waals surface area contributed by atoms with Crippen molar-refractivity contribution in [2.45, 2.75) is 13.3 Å². The van der Waals surface area contributed by atoms with E-state index in [2.05, 4.69) is 10.3 Å². The fourth-order valence-electron chi connectivity index (χ4n) is 1.26. The maximum atomic E-state index is 11.3. The average Bonchev–Trinajstić information content (AvgIpc) is 2.20.